The average molecular weight is 686 g/mol. The van der Waals surface area contributed by atoms with Crippen LogP contribution in [0.5, 0.6) is 0 Å². The largest absolute Gasteiger partial charge is 0.310 e. The number of fused-ring (bicyclic) bond motifs is 12. The molecular weight excluding hydrogens is 651 g/mol. The Bertz CT molecular complexity index is 2770. The van der Waals surface area contributed by atoms with Crippen molar-refractivity contribution in [1.82, 2.24) is 0 Å². The minimum absolute atomic E-state index is 0.403. The Labute approximate surface area is 316 Å². The highest BCUT2D eigenvalue weighted by Gasteiger charge is 2.52. The maximum absolute atomic E-state index is 2.43. The lowest BCUT2D eigenvalue weighted by molar-refractivity contribution is 0.794. The molecule has 9 aromatic carbocycles. The highest BCUT2D eigenvalue weighted by atomic mass is 15.1. The number of benzene rings is 9. The Morgan fingerprint density at radius 2 is 0.759 bits per heavy atom. The summed E-state index contributed by atoms with van der Waals surface area (Å²) in [5.74, 6) is 0. The molecule has 0 bridgehead atoms. The second-order valence-electron chi connectivity index (χ2n) is 14.4. The van der Waals surface area contributed by atoms with Gasteiger partial charge in [0.25, 0.3) is 0 Å². The van der Waals surface area contributed by atoms with Crippen LogP contribution in [0.25, 0.3) is 55.3 Å². The van der Waals surface area contributed by atoms with E-state index in [-0.39, 0.29) is 0 Å². The van der Waals surface area contributed by atoms with Gasteiger partial charge in [0, 0.05) is 17.1 Å². The standard InChI is InChI=1S/C53H35N/c1-3-13-36(14-4-1)38-23-28-41(29-24-38)54(42-30-25-39(26-31-42)37-15-5-2-6-16-37)43-32-34-50-47(35-43)45-19-9-11-21-48(45)53(50)49-22-12-10-20-46(49)52-44-18-8-7-17-40(44)27-33-51(52)53/h1-35H. The van der Waals surface area contributed by atoms with Gasteiger partial charge in [-0.1, -0.05) is 176 Å². The van der Waals surface area contributed by atoms with Crippen molar-refractivity contribution in [1.29, 1.82) is 0 Å². The van der Waals surface area contributed by atoms with Crippen LogP contribution in [0.1, 0.15) is 22.3 Å². The van der Waals surface area contributed by atoms with E-state index in [2.05, 4.69) is 217 Å². The van der Waals surface area contributed by atoms with Gasteiger partial charge >= 0.3 is 0 Å². The van der Waals surface area contributed by atoms with Crippen LogP contribution >= 0.6 is 0 Å². The molecule has 1 nitrogen and oxygen atoms in total. The van der Waals surface area contributed by atoms with Crippen molar-refractivity contribution >= 4 is 27.8 Å². The van der Waals surface area contributed by atoms with Crippen LogP contribution in [-0.4, -0.2) is 0 Å². The number of anilines is 3. The van der Waals surface area contributed by atoms with Gasteiger partial charge in [0.1, 0.15) is 0 Å². The third kappa shape index (κ3) is 4.45. The molecule has 0 saturated carbocycles. The third-order valence-corrected chi connectivity index (χ3v) is 11.7. The van der Waals surface area contributed by atoms with Gasteiger partial charge in [-0.25, -0.2) is 0 Å². The lowest BCUT2D eigenvalue weighted by Crippen LogP contribution is -2.25. The van der Waals surface area contributed by atoms with E-state index in [1.54, 1.807) is 0 Å². The molecule has 1 atom stereocenters. The maximum Gasteiger partial charge on any atom is 0.0725 e. The van der Waals surface area contributed by atoms with E-state index in [0.29, 0.717) is 0 Å². The molecular formula is C53H35N. The summed E-state index contributed by atoms with van der Waals surface area (Å²) in [6.07, 6.45) is 0. The highest BCUT2D eigenvalue weighted by molar-refractivity contribution is 6.06. The van der Waals surface area contributed by atoms with Gasteiger partial charge in [-0.2, -0.15) is 0 Å². The van der Waals surface area contributed by atoms with E-state index < -0.39 is 5.41 Å². The first-order valence-electron chi connectivity index (χ1n) is 18.8. The molecule has 1 heteroatoms. The molecule has 0 aliphatic heterocycles. The van der Waals surface area contributed by atoms with Crippen LogP contribution in [0.2, 0.25) is 0 Å². The van der Waals surface area contributed by atoms with Crippen LogP contribution in [0, 0.1) is 0 Å². The van der Waals surface area contributed by atoms with E-state index in [1.807, 2.05) is 0 Å². The minimum atomic E-state index is -0.403. The topological polar surface area (TPSA) is 3.24 Å². The first-order chi connectivity index (χ1) is 26.8. The first-order valence-corrected chi connectivity index (χ1v) is 18.8. The van der Waals surface area contributed by atoms with Gasteiger partial charge in [0.15, 0.2) is 0 Å². The summed E-state index contributed by atoms with van der Waals surface area (Å²) in [4.78, 5) is 2.40. The predicted octanol–water partition coefficient (Wildman–Crippen LogP) is 14.0. The second kappa shape index (κ2) is 12.0. The Morgan fingerprint density at radius 3 is 1.41 bits per heavy atom. The number of hydrogen-bond donors (Lipinski definition) is 0. The monoisotopic (exact) mass is 685 g/mol. The van der Waals surface area contributed by atoms with Crippen LogP contribution in [0.4, 0.5) is 17.1 Å². The summed E-state index contributed by atoms with van der Waals surface area (Å²) in [7, 11) is 0. The third-order valence-electron chi connectivity index (χ3n) is 11.7. The van der Waals surface area contributed by atoms with Crippen LogP contribution < -0.4 is 4.90 Å². The molecule has 0 aromatic heterocycles. The van der Waals surface area contributed by atoms with Gasteiger partial charge in [-0.15, -0.1) is 0 Å². The number of rotatable bonds is 5. The van der Waals surface area contributed by atoms with Crippen molar-refractivity contribution < 1.29 is 0 Å². The Morgan fingerprint density at radius 1 is 0.296 bits per heavy atom. The average Bonchev–Trinajstić information content (AvgIpc) is 3.72. The summed E-state index contributed by atoms with van der Waals surface area (Å²) < 4.78 is 0. The van der Waals surface area contributed by atoms with E-state index in [4.69, 9.17) is 0 Å². The van der Waals surface area contributed by atoms with Crippen molar-refractivity contribution in [2.75, 3.05) is 4.90 Å². The fraction of sp³-hybridized carbons (Fsp3) is 0.0189. The van der Waals surface area contributed by atoms with Crippen molar-refractivity contribution in [3.05, 3.63) is 235 Å². The van der Waals surface area contributed by atoms with Crippen molar-refractivity contribution in [3.8, 4) is 44.5 Å². The molecule has 252 valence electrons. The van der Waals surface area contributed by atoms with Crippen molar-refractivity contribution in [3.63, 3.8) is 0 Å². The fourth-order valence-electron chi connectivity index (χ4n) is 9.35. The van der Waals surface area contributed by atoms with E-state index in [9.17, 15) is 0 Å². The molecule has 1 unspecified atom stereocenters. The molecule has 2 aliphatic rings. The molecule has 0 fully saturated rings. The van der Waals surface area contributed by atoms with Crippen LogP contribution in [-0.2, 0) is 5.41 Å². The molecule has 0 radical (unpaired) electrons. The molecule has 2 aliphatic carbocycles. The Hall–Kier alpha value is -6.96. The zero-order chi connectivity index (χ0) is 35.6. The quantitative estimate of drug-likeness (QED) is 0.174. The van der Waals surface area contributed by atoms with Gasteiger partial charge < -0.3 is 4.90 Å². The molecule has 11 rings (SSSR count). The van der Waals surface area contributed by atoms with Gasteiger partial charge in [-0.3, -0.25) is 0 Å². The maximum atomic E-state index is 2.43. The zero-order valence-electron chi connectivity index (χ0n) is 29.7. The molecule has 0 heterocycles. The van der Waals surface area contributed by atoms with E-state index in [0.717, 1.165) is 17.1 Å². The van der Waals surface area contributed by atoms with Gasteiger partial charge in [0.2, 0.25) is 0 Å². The summed E-state index contributed by atoms with van der Waals surface area (Å²) in [5.41, 5.74) is 18.5. The highest BCUT2D eigenvalue weighted by Crippen LogP contribution is 2.64. The lowest BCUT2D eigenvalue weighted by atomic mass is 9.70. The number of nitrogens with zero attached hydrogens (tertiary/aromatic N) is 1. The summed E-state index contributed by atoms with van der Waals surface area (Å²) in [6, 6.07) is 78.1. The minimum Gasteiger partial charge on any atom is -0.310 e. The van der Waals surface area contributed by atoms with Crippen molar-refractivity contribution in [2.24, 2.45) is 0 Å². The Balaban J connectivity index is 1.12. The van der Waals surface area contributed by atoms with Gasteiger partial charge in [0.05, 0.1) is 5.41 Å². The van der Waals surface area contributed by atoms with Crippen molar-refractivity contribution in [2.45, 2.75) is 5.41 Å². The number of hydrogen-bond acceptors (Lipinski definition) is 1. The van der Waals surface area contributed by atoms with E-state index >= 15 is 0 Å². The Kier molecular flexibility index (Phi) is 6.84. The second-order valence-corrected chi connectivity index (χ2v) is 14.4. The zero-order valence-corrected chi connectivity index (χ0v) is 29.7. The summed E-state index contributed by atoms with van der Waals surface area (Å²) in [6.45, 7) is 0. The molecule has 9 aromatic rings. The SMILES string of the molecule is c1ccc(-c2ccc(N(c3ccc(-c4ccccc4)cc3)c3ccc4c(c3)-c3ccccc3C43c4ccccc4-c4c3ccc3ccccc43)cc2)cc1. The molecule has 54 heavy (non-hydrogen) atoms. The smallest absolute Gasteiger partial charge is 0.0725 e. The molecule has 1 spiro atoms. The van der Waals surface area contributed by atoms with Gasteiger partial charge in [-0.05, 0) is 114 Å². The molecule has 0 N–H and O–H groups in total. The summed E-state index contributed by atoms with van der Waals surface area (Å²) in [5, 5.41) is 2.59. The fourth-order valence-corrected chi connectivity index (χ4v) is 9.35. The normalized spacial score (nSPS) is 14.7. The predicted molar refractivity (Wildman–Crippen MR) is 226 cm³/mol. The van der Waals surface area contributed by atoms with Crippen LogP contribution in [0.15, 0.2) is 212 Å². The first kappa shape index (κ1) is 30.6. The van der Waals surface area contributed by atoms with Crippen LogP contribution in [0.3, 0.4) is 0 Å². The lowest BCUT2D eigenvalue weighted by Gasteiger charge is -2.31. The molecule has 0 saturated heterocycles. The summed E-state index contributed by atoms with van der Waals surface area (Å²) >= 11 is 0. The molecule has 0 amide bonds. The van der Waals surface area contributed by atoms with E-state index in [1.165, 1.54) is 77.5 Å².